The number of benzene rings is 2. The van der Waals surface area contributed by atoms with Crippen LogP contribution in [-0.4, -0.2) is 39.6 Å². The van der Waals surface area contributed by atoms with Crippen LogP contribution in [-0.2, 0) is 10.0 Å². The number of hydrogen-bond acceptors (Lipinski definition) is 10. The van der Waals surface area contributed by atoms with Crippen LogP contribution in [0.25, 0.3) is 11.0 Å². The van der Waals surface area contributed by atoms with E-state index >= 15 is 0 Å². The minimum atomic E-state index is -4.25. The fraction of sp³-hybridized carbons (Fsp3) is 0.158. The van der Waals surface area contributed by atoms with Crippen molar-refractivity contribution in [3.63, 3.8) is 0 Å². The second-order valence-corrected chi connectivity index (χ2v) is 8.55. The lowest BCUT2D eigenvalue weighted by Crippen LogP contribution is -2.15. The maximum Gasteiger partial charge on any atom is 0.278 e. The normalized spacial score (nSPS) is 11.3. The van der Waals surface area contributed by atoms with E-state index in [4.69, 9.17) is 23.5 Å². The molecule has 0 saturated heterocycles. The van der Waals surface area contributed by atoms with E-state index < -0.39 is 16.9 Å². The number of anilines is 1. The van der Waals surface area contributed by atoms with Crippen LogP contribution in [0, 0.1) is 0 Å². The van der Waals surface area contributed by atoms with Crippen molar-refractivity contribution < 1.29 is 36.3 Å². The largest absolute Gasteiger partial charge is 0.495 e. The molecule has 10 nitrogen and oxygen atoms in total. The molecule has 13 heteroatoms. The third-order valence-electron chi connectivity index (χ3n) is 4.22. The number of sulfonamides is 1. The van der Waals surface area contributed by atoms with Crippen molar-refractivity contribution in [3.05, 3.63) is 41.9 Å². The molecule has 2 heterocycles. The van der Waals surface area contributed by atoms with Crippen LogP contribution in [0.2, 0.25) is 0 Å². The number of halogens is 1. The molecule has 0 saturated carbocycles. The summed E-state index contributed by atoms with van der Waals surface area (Å²) in [4.78, 5) is 3.77. The third kappa shape index (κ3) is 4.11. The number of methoxy groups -OCH3 is 2. The highest BCUT2D eigenvalue weighted by atomic mass is 32.2. The van der Waals surface area contributed by atoms with Crippen molar-refractivity contribution in [3.8, 4) is 28.2 Å². The molecule has 32 heavy (non-hydrogen) atoms. The minimum Gasteiger partial charge on any atom is -0.495 e. The number of nitrogens with one attached hydrogen (secondary N) is 1. The molecular formula is C19H16FN3O7S2. The van der Waals surface area contributed by atoms with Crippen molar-refractivity contribution in [1.29, 1.82) is 0 Å². The Hall–Kier alpha value is -3.58. The highest BCUT2D eigenvalue weighted by molar-refractivity contribution is 7.93. The van der Waals surface area contributed by atoms with E-state index in [1.165, 1.54) is 49.8 Å². The molecule has 2 aromatic heterocycles. The molecule has 0 fully saturated rings. The fourth-order valence-corrected chi connectivity index (χ4v) is 4.77. The summed E-state index contributed by atoms with van der Waals surface area (Å²) in [6.45, 7) is -1.17. The lowest BCUT2D eigenvalue weighted by molar-refractivity contribution is 0.193. The minimum absolute atomic E-state index is 0.0394. The van der Waals surface area contributed by atoms with Crippen LogP contribution in [0.5, 0.6) is 28.2 Å². The smallest absolute Gasteiger partial charge is 0.278 e. The quantitative estimate of drug-likeness (QED) is 0.375. The molecule has 1 N–H and O–H groups in total. The van der Waals surface area contributed by atoms with Gasteiger partial charge in [0.2, 0.25) is 6.86 Å². The zero-order valence-electron chi connectivity index (χ0n) is 16.7. The van der Waals surface area contributed by atoms with Crippen molar-refractivity contribution >= 4 is 38.1 Å². The number of ether oxygens (including phenoxy) is 4. The third-order valence-corrected chi connectivity index (χ3v) is 6.27. The number of nitrogens with zero attached hydrogens (tertiary/aromatic N) is 2. The Labute approximate surface area is 185 Å². The average molecular weight is 481 g/mol. The van der Waals surface area contributed by atoms with Crippen molar-refractivity contribution in [2.75, 3.05) is 25.8 Å². The molecule has 0 radical (unpaired) electrons. The number of aromatic nitrogens is 2. The lowest BCUT2D eigenvalue weighted by Gasteiger charge is -2.14. The molecular weight excluding hydrogens is 465 g/mol. The zero-order chi connectivity index (χ0) is 22.7. The Morgan fingerprint density at radius 3 is 2.53 bits per heavy atom. The van der Waals surface area contributed by atoms with Gasteiger partial charge in [-0.25, -0.2) is 17.8 Å². The Kier molecular flexibility index (Phi) is 6.01. The van der Waals surface area contributed by atoms with E-state index in [-0.39, 0.29) is 44.7 Å². The lowest BCUT2D eigenvalue weighted by atomic mass is 10.2. The molecule has 0 amide bonds. The van der Waals surface area contributed by atoms with Crippen molar-refractivity contribution in [2.45, 2.75) is 4.90 Å². The molecule has 4 rings (SSSR count). The molecule has 0 spiro atoms. The van der Waals surface area contributed by atoms with Crippen LogP contribution < -0.4 is 23.7 Å². The highest BCUT2D eigenvalue weighted by Crippen LogP contribution is 2.40. The summed E-state index contributed by atoms with van der Waals surface area (Å²) in [6.07, 6.45) is 1.56. The van der Waals surface area contributed by atoms with Gasteiger partial charge in [0.1, 0.15) is 28.4 Å². The monoisotopic (exact) mass is 481 g/mol. The van der Waals surface area contributed by atoms with Gasteiger partial charge < -0.3 is 23.5 Å². The van der Waals surface area contributed by atoms with Gasteiger partial charge in [-0.05, 0) is 12.1 Å². The van der Waals surface area contributed by atoms with E-state index in [1.807, 2.05) is 0 Å². The predicted octanol–water partition coefficient (Wildman–Crippen LogP) is 4.20. The second kappa shape index (κ2) is 8.88. The number of fused-ring (bicyclic) bond motifs is 1. The summed E-state index contributed by atoms with van der Waals surface area (Å²) in [5.41, 5.74) is 0.104. The summed E-state index contributed by atoms with van der Waals surface area (Å²) >= 11 is 1.25. The fourth-order valence-electron chi connectivity index (χ4n) is 2.93. The SMILES string of the molecule is COc1cccc(OC)c1S(=O)(=O)Nc1noc2cc(Oc3nccs3)cc(OCF)c12. The van der Waals surface area contributed by atoms with Crippen molar-refractivity contribution in [2.24, 2.45) is 0 Å². The molecule has 2 aromatic carbocycles. The summed E-state index contributed by atoms with van der Waals surface area (Å²) in [7, 11) is -1.59. The standard InChI is InChI=1S/C19H16FN3O7S2/c1-26-12-4-3-5-13(27-2)17(12)32(24,25)23-18-16-14(28-10-20)8-11(9-15(16)30-22-18)29-19-21-6-7-31-19/h3-9H,10H2,1-2H3,(H,22,23). The maximum atomic E-state index is 13.2. The second-order valence-electron chi connectivity index (χ2n) is 6.08. The van der Waals surface area contributed by atoms with Crippen LogP contribution >= 0.6 is 11.3 Å². The molecule has 0 aliphatic carbocycles. The first-order valence-electron chi connectivity index (χ1n) is 8.90. The maximum absolute atomic E-state index is 13.2. The first kappa shape index (κ1) is 21.6. The van der Waals surface area contributed by atoms with Crippen LogP contribution in [0.3, 0.4) is 0 Å². The van der Waals surface area contributed by atoms with E-state index in [9.17, 15) is 12.8 Å². The predicted molar refractivity (Wildman–Crippen MR) is 113 cm³/mol. The Morgan fingerprint density at radius 1 is 1.16 bits per heavy atom. The number of alkyl halides is 1. The number of thiazole rings is 1. The van der Waals surface area contributed by atoms with Crippen molar-refractivity contribution in [1.82, 2.24) is 10.1 Å². The first-order chi connectivity index (χ1) is 15.5. The van der Waals surface area contributed by atoms with Gasteiger partial charge in [0.15, 0.2) is 16.3 Å². The topological polar surface area (TPSA) is 122 Å². The summed E-state index contributed by atoms with van der Waals surface area (Å²) in [5.74, 6) is 0.112. The first-order valence-corrected chi connectivity index (χ1v) is 11.3. The molecule has 0 bridgehead atoms. The highest BCUT2D eigenvalue weighted by Gasteiger charge is 2.28. The van der Waals surface area contributed by atoms with Crippen LogP contribution in [0.1, 0.15) is 0 Å². The summed E-state index contributed by atoms with van der Waals surface area (Å²) in [5, 5.41) is 5.95. The Bertz CT molecular complexity index is 1320. The van der Waals surface area contributed by atoms with Gasteiger partial charge in [-0.1, -0.05) is 22.6 Å². The van der Waals surface area contributed by atoms with Crippen LogP contribution in [0.15, 0.2) is 51.3 Å². The van der Waals surface area contributed by atoms with Gasteiger partial charge in [-0.15, -0.1) is 0 Å². The van der Waals surface area contributed by atoms with Gasteiger partial charge in [0, 0.05) is 23.7 Å². The molecule has 168 valence electrons. The van der Waals surface area contributed by atoms with Crippen LogP contribution in [0.4, 0.5) is 10.2 Å². The zero-order valence-corrected chi connectivity index (χ0v) is 18.3. The van der Waals surface area contributed by atoms with E-state index in [0.29, 0.717) is 5.19 Å². The molecule has 0 aliphatic rings. The summed E-state index contributed by atoms with van der Waals surface area (Å²) in [6, 6.07) is 7.35. The summed E-state index contributed by atoms with van der Waals surface area (Å²) < 4.78 is 67.9. The van der Waals surface area contributed by atoms with E-state index in [2.05, 4.69) is 14.9 Å². The average Bonchev–Trinajstić information content (AvgIpc) is 3.43. The molecule has 4 aromatic rings. The number of rotatable bonds is 9. The van der Waals surface area contributed by atoms with Gasteiger partial charge in [-0.3, -0.25) is 4.72 Å². The number of hydrogen-bond donors (Lipinski definition) is 1. The Morgan fingerprint density at radius 2 is 1.91 bits per heavy atom. The van der Waals surface area contributed by atoms with Gasteiger partial charge in [0.05, 0.1) is 14.2 Å². The van der Waals surface area contributed by atoms with Gasteiger partial charge >= 0.3 is 0 Å². The van der Waals surface area contributed by atoms with E-state index in [0.717, 1.165) is 0 Å². The molecule has 0 aliphatic heterocycles. The molecule has 0 unspecified atom stereocenters. The Balaban J connectivity index is 1.77. The van der Waals surface area contributed by atoms with E-state index in [1.54, 1.807) is 17.6 Å². The van der Waals surface area contributed by atoms with Gasteiger partial charge in [0.25, 0.3) is 15.2 Å². The van der Waals surface area contributed by atoms with Gasteiger partial charge in [-0.2, -0.15) is 0 Å². The molecule has 0 atom stereocenters.